The van der Waals surface area contributed by atoms with E-state index in [-0.39, 0.29) is 5.69 Å². The molecule has 3 fully saturated rings. The molecule has 1 aromatic heterocycles. The lowest BCUT2D eigenvalue weighted by molar-refractivity contribution is 0.0518. The van der Waals surface area contributed by atoms with Crippen molar-refractivity contribution >= 4 is 11.8 Å². The summed E-state index contributed by atoms with van der Waals surface area (Å²) in [5, 5.41) is 0. The Morgan fingerprint density at radius 1 is 1.45 bits per heavy atom. The van der Waals surface area contributed by atoms with E-state index in [9.17, 15) is 4.79 Å². The third kappa shape index (κ3) is 2.08. The van der Waals surface area contributed by atoms with Gasteiger partial charge in [-0.2, -0.15) is 0 Å². The van der Waals surface area contributed by atoms with Crippen molar-refractivity contribution in [2.45, 2.75) is 32.7 Å². The summed E-state index contributed by atoms with van der Waals surface area (Å²) in [5.41, 5.74) is 6.44. The monoisotopic (exact) mass is 278 g/mol. The third-order valence-corrected chi connectivity index (χ3v) is 4.55. The van der Waals surface area contributed by atoms with Crippen LogP contribution in [0, 0.1) is 12.8 Å². The van der Waals surface area contributed by atoms with Crippen molar-refractivity contribution in [2.24, 2.45) is 5.92 Å². The largest absolute Gasteiger partial charge is 0.461 e. The predicted octanol–water partition coefficient (Wildman–Crippen LogP) is 1.22. The van der Waals surface area contributed by atoms with Gasteiger partial charge in [0.05, 0.1) is 12.6 Å². The van der Waals surface area contributed by atoms with Crippen molar-refractivity contribution in [3.63, 3.8) is 0 Å². The van der Waals surface area contributed by atoms with E-state index in [0.29, 0.717) is 24.4 Å². The number of anilines is 1. The van der Waals surface area contributed by atoms with E-state index in [2.05, 4.69) is 9.88 Å². The van der Waals surface area contributed by atoms with Crippen LogP contribution in [0.1, 0.15) is 42.1 Å². The number of rotatable bonds is 3. The first kappa shape index (κ1) is 13.4. The van der Waals surface area contributed by atoms with E-state index < -0.39 is 5.97 Å². The Labute approximate surface area is 118 Å². The highest BCUT2D eigenvalue weighted by Crippen LogP contribution is 2.38. The molecule has 3 aliphatic rings. The molecule has 0 radical (unpaired) electrons. The van der Waals surface area contributed by atoms with Crippen molar-refractivity contribution in [3.05, 3.63) is 11.5 Å². The number of piperidine rings is 3. The Hall–Kier alpha value is -1.56. The van der Waals surface area contributed by atoms with Gasteiger partial charge in [0.1, 0.15) is 11.6 Å². The molecule has 1 atom stereocenters. The normalized spacial score (nSPS) is 28.6. The number of aryl methyl sites for hydroxylation is 1. The summed E-state index contributed by atoms with van der Waals surface area (Å²) in [5.74, 6) is 1.49. The van der Waals surface area contributed by atoms with Crippen LogP contribution >= 0.6 is 0 Å². The number of ether oxygens (including phenoxy) is 1. The zero-order valence-electron chi connectivity index (χ0n) is 12.1. The molecule has 110 valence electrons. The fourth-order valence-corrected chi connectivity index (χ4v) is 3.56. The maximum absolute atomic E-state index is 11.9. The average molecular weight is 278 g/mol. The van der Waals surface area contributed by atoms with Gasteiger partial charge in [0, 0.05) is 6.54 Å². The maximum atomic E-state index is 11.9. The number of aromatic nitrogens is 2. The number of esters is 1. The van der Waals surface area contributed by atoms with Gasteiger partial charge in [-0.05, 0) is 45.7 Å². The summed E-state index contributed by atoms with van der Waals surface area (Å²) in [6.45, 7) is 7.40. The number of carbonyl (C=O) groups excluding carboxylic acids is 1. The van der Waals surface area contributed by atoms with Crippen LogP contribution < -0.4 is 5.73 Å². The fraction of sp³-hybridized carbons (Fsp3) is 0.714. The number of imidazole rings is 1. The molecule has 6 heteroatoms. The number of nitrogens with two attached hydrogens (primary N) is 1. The summed E-state index contributed by atoms with van der Waals surface area (Å²) in [4.78, 5) is 18.7. The first-order chi connectivity index (χ1) is 9.61. The molecule has 20 heavy (non-hydrogen) atoms. The second-order valence-corrected chi connectivity index (χ2v) is 5.69. The molecule has 1 aromatic rings. The first-order valence-electron chi connectivity index (χ1n) is 7.35. The summed E-state index contributed by atoms with van der Waals surface area (Å²) in [6.07, 6.45) is 2.41. The van der Waals surface area contributed by atoms with E-state index in [1.54, 1.807) is 6.92 Å². The molecule has 1 unspecified atom stereocenters. The Kier molecular flexibility index (Phi) is 3.41. The Balaban J connectivity index is 1.92. The molecule has 4 rings (SSSR count). The molecule has 3 aliphatic heterocycles. The van der Waals surface area contributed by atoms with Gasteiger partial charge in [0.25, 0.3) is 0 Å². The lowest BCUT2D eigenvalue weighted by Gasteiger charge is -2.45. The number of hydrogen-bond donors (Lipinski definition) is 1. The van der Waals surface area contributed by atoms with Crippen LogP contribution in [0.25, 0.3) is 0 Å². The molecule has 3 saturated heterocycles. The second kappa shape index (κ2) is 5.09. The van der Waals surface area contributed by atoms with Gasteiger partial charge >= 0.3 is 5.97 Å². The van der Waals surface area contributed by atoms with Crippen LogP contribution in [0.5, 0.6) is 0 Å². The van der Waals surface area contributed by atoms with Gasteiger partial charge in [-0.25, -0.2) is 9.78 Å². The average Bonchev–Trinajstić information content (AvgIpc) is 2.75. The number of fused-ring (bicyclic) bond motifs is 3. The van der Waals surface area contributed by atoms with Crippen LogP contribution in [-0.2, 0) is 4.74 Å². The quantitative estimate of drug-likeness (QED) is 0.841. The van der Waals surface area contributed by atoms with E-state index in [4.69, 9.17) is 10.5 Å². The van der Waals surface area contributed by atoms with Crippen LogP contribution in [0.2, 0.25) is 0 Å². The van der Waals surface area contributed by atoms with Gasteiger partial charge in [0.2, 0.25) is 0 Å². The number of carbonyl (C=O) groups is 1. The van der Waals surface area contributed by atoms with E-state index in [1.807, 2.05) is 11.5 Å². The summed E-state index contributed by atoms with van der Waals surface area (Å²) >= 11 is 0. The third-order valence-electron chi connectivity index (χ3n) is 4.55. The van der Waals surface area contributed by atoms with Crippen molar-refractivity contribution in [2.75, 3.05) is 32.0 Å². The van der Waals surface area contributed by atoms with Crippen LogP contribution in [0.4, 0.5) is 5.82 Å². The summed E-state index contributed by atoms with van der Waals surface area (Å²) in [7, 11) is 0. The molecule has 6 nitrogen and oxygen atoms in total. The molecule has 2 N–H and O–H groups in total. The van der Waals surface area contributed by atoms with E-state index in [1.165, 1.54) is 25.9 Å². The van der Waals surface area contributed by atoms with E-state index >= 15 is 0 Å². The minimum Gasteiger partial charge on any atom is -0.461 e. The minimum atomic E-state index is -0.423. The van der Waals surface area contributed by atoms with Crippen molar-refractivity contribution in [1.29, 1.82) is 0 Å². The second-order valence-electron chi connectivity index (χ2n) is 5.69. The number of hydrogen-bond acceptors (Lipinski definition) is 5. The van der Waals surface area contributed by atoms with E-state index in [0.717, 1.165) is 12.4 Å². The van der Waals surface area contributed by atoms with Gasteiger partial charge in [-0.15, -0.1) is 0 Å². The van der Waals surface area contributed by atoms with Crippen molar-refractivity contribution < 1.29 is 9.53 Å². The predicted molar refractivity (Wildman–Crippen MR) is 75.5 cm³/mol. The number of nitrogen functional groups attached to an aromatic ring is 1. The standard InChI is InChI=1S/C14H22N4O2/c1-3-20-14(19)12-13(15)18(9(2)16-12)11-8-17-6-4-10(11)5-7-17/h10-11H,3-8,15H2,1-2H3. The topological polar surface area (TPSA) is 73.4 Å². The highest BCUT2D eigenvalue weighted by molar-refractivity contribution is 5.92. The Morgan fingerprint density at radius 2 is 2.15 bits per heavy atom. The smallest absolute Gasteiger partial charge is 0.360 e. The molecule has 2 bridgehead atoms. The molecule has 0 aromatic carbocycles. The molecule has 0 aliphatic carbocycles. The van der Waals surface area contributed by atoms with Crippen LogP contribution in [-0.4, -0.2) is 46.7 Å². The number of nitrogens with zero attached hydrogens (tertiary/aromatic N) is 3. The molecule has 4 heterocycles. The molecular weight excluding hydrogens is 256 g/mol. The van der Waals surface area contributed by atoms with Crippen molar-refractivity contribution in [3.8, 4) is 0 Å². The van der Waals surface area contributed by atoms with Crippen molar-refractivity contribution in [1.82, 2.24) is 14.5 Å². The lowest BCUT2D eigenvalue weighted by Crippen LogP contribution is -2.48. The van der Waals surface area contributed by atoms with Crippen LogP contribution in [0.3, 0.4) is 0 Å². The first-order valence-corrected chi connectivity index (χ1v) is 7.35. The molecular formula is C14H22N4O2. The summed E-state index contributed by atoms with van der Waals surface area (Å²) in [6, 6.07) is 0.341. The van der Waals surface area contributed by atoms with Gasteiger partial charge in [-0.3, -0.25) is 0 Å². The zero-order chi connectivity index (χ0) is 14.3. The SMILES string of the molecule is CCOC(=O)c1nc(C)n(C2CN3CCC2CC3)c1N. The summed E-state index contributed by atoms with van der Waals surface area (Å²) < 4.78 is 7.07. The Bertz CT molecular complexity index is 517. The molecule has 0 saturated carbocycles. The van der Waals surface area contributed by atoms with Gasteiger partial charge < -0.3 is 19.9 Å². The molecule has 0 amide bonds. The van der Waals surface area contributed by atoms with Crippen LogP contribution in [0.15, 0.2) is 0 Å². The highest BCUT2D eigenvalue weighted by atomic mass is 16.5. The maximum Gasteiger partial charge on any atom is 0.360 e. The fourth-order valence-electron chi connectivity index (χ4n) is 3.56. The molecule has 0 spiro atoms. The van der Waals surface area contributed by atoms with Gasteiger partial charge in [0.15, 0.2) is 5.69 Å². The lowest BCUT2D eigenvalue weighted by atomic mass is 9.84. The highest BCUT2D eigenvalue weighted by Gasteiger charge is 2.37. The minimum absolute atomic E-state index is 0.265. The Morgan fingerprint density at radius 3 is 2.70 bits per heavy atom. The zero-order valence-corrected chi connectivity index (χ0v) is 12.1. The van der Waals surface area contributed by atoms with Gasteiger partial charge in [-0.1, -0.05) is 0 Å².